The van der Waals surface area contributed by atoms with Gasteiger partial charge in [-0.1, -0.05) is 74.1 Å². The minimum atomic E-state index is -1.35. The van der Waals surface area contributed by atoms with E-state index in [0.717, 1.165) is 22.9 Å². The molecule has 8 heteroatoms. The quantitative estimate of drug-likeness (QED) is 0.546. The van der Waals surface area contributed by atoms with Gasteiger partial charge in [-0.05, 0) is 24.5 Å². The monoisotopic (exact) mass is 405 g/mol. The second-order valence-corrected chi connectivity index (χ2v) is 8.10. The van der Waals surface area contributed by atoms with Crippen molar-refractivity contribution in [2.45, 2.75) is 33.2 Å². The van der Waals surface area contributed by atoms with Crippen molar-refractivity contribution in [1.29, 1.82) is 0 Å². The first-order valence-electron chi connectivity index (χ1n) is 8.55. The van der Waals surface area contributed by atoms with Crippen LogP contribution >= 0.6 is 24.0 Å². The number of carboxylic acid groups (broad SMARTS) is 1. The highest BCUT2D eigenvalue weighted by Crippen LogP contribution is 2.32. The van der Waals surface area contributed by atoms with Crippen LogP contribution in [0.4, 0.5) is 0 Å². The second kappa shape index (κ2) is 9.14. The normalized spacial score (nSPS) is 17.9. The van der Waals surface area contributed by atoms with E-state index in [1.807, 2.05) is 38.1 Å². The minimum Gasteiger partial charge on any atom is -0.548 e. The number of carbonyl (C=O) groups is 3. The van der Waals surface area contributed by atoms with E-state index in [1.165, 1.54) is 4.90 Å². The molecule has 2 amide bonds. The molecule has 0 spiro atoms. The molecule has 1 aliphatic rings. The van der Waals surface area contributed by atoms with Gasteiger partial charge < -0.3 is 15.2 Å². The molecule has 1 aromatic carbocycles. The summed E-state index contributed by atoms with van der Waals surface area (Å²) in [6, 6.07) is 6.56. The van der Waals surface area contributed by atoms with Gasteiger partial charge >= 0.3 is 0 Å². The van der Waals surface area contributed by atoms with E-state index in [2.05, 4.69) is 5.32 Å². The van der Waals surface area contributed by atoms with Crippen LogP contribution in [0.3, 0.4) is 0 Å². The van der Waals surface area contributed by atoms with Crippen LogP contribution in [0.15, 0.2) is 29.2 Å². The molecule has 0 saturated carbocycles. The summed E-state index contributed by atoms with van der Waals surface area (Å²) in [7, 11) is 0. The molecule has 0 aliphatic carbocycles. The number of amides is 2. The van der Waals surface area contributed by atoms with Gasteiger partial charge in [0.1, 0.15) is 10.9 Å². The summed E-state index contributed by atoms with van der Waals surface area (Å²) < 4.78 is 0.266. The molecule has 1 fully saturated rings. The van der Waals surface area contributed by atoms with Crippen molar-refractivity contribution in [3.63, 3.8) is 0 Å². The molecule has 1 saturated heterocycles. The van der Waals surface area contributed by atoms with E-state index in [9.17, 15) is 19.5 Å². The van der Waals surface area contributed by atoms with E-state index in [4.69, 9.17) is 12.2 Å². The van der Waals surface area contributed by atoms with Crippen LogP contribution in [0.2, 0.25) is 0 Å². The number of thioether (sulfide) groups is 1. The molecule has 1 N–H and O–H groups in total. The fourth-order valence-corrected chi connectivity index (χ4v) is 3.74. The first-order valence-corrected chi connectivity index (χ1v) is 9.77. The third-order valence-corrected chi connectivity index (χ3v) is 5.71. The van der Waals surface area contributed by atoms with E-state index in [1.54, 1.807) is 13.0 Å². The van der Waals surface area contributed by atoms with E-state index >= 15 is 0 Å². The Kier molecular flexibility index (Phi) is 7.15. The maximum atomic E-state index is 12.6. The number of carboxylic acids is 1. The molecule has 2 rings (SSSR count). The zero-order valence-corrected chi connectivity index (χ0v) is 17.0. The smallest absolute Gasteiger partial charge is 0.266 e. The van der Waals surface area contributed by atoms with Crippen molar-refractivity contribution in [2.24, 2.45) is 5.92 Å². The first-order chi connectivity index (χ1) is 12.7. The molecular formula is C19H21N2O4S2-. The Hall–Kier alpha value is -2.19. The van der Waals surface area contributed by atoms with Gasteiger partial charge in [0.2, 0.25) is 5.91 Å². The zero-order valence-electron chi connectivity index (χ0n) is 15.4. The van der Waals surface area contributed by atoms with Gasteiger partial charge in [0.15, 0.2) is 0 Å². The Morgan fingerprint density at radius 3 is 2.52 bits per heavy atom. The third kappa shape index (κ3) is 5.40. The lowest BCUT2D eigenvalue weighted by atomic mass is 9.99. The second-order valence-electron chi connectivity index (χ2n) is 6.43. The molecule has 27 heavy (non-hydrogen) atoms. The Morgan fingerprint density at radius 1 is 1.33 bits per heavy atom. The summed E-state index contributed by atoms with van der Waals surface area (Å²) >= 11 is 6.33. The SMILES string of the molecule is CC[C@H](C)[C@H](NC(=O)CN1C(=O)/C(=C\c2ccc(C)cc2)SC1=S)C(=O)[O-]. The highest BCUT2D eigenvalue weighted by Gasteiger charge is 2.34. The highest BCUT2D eigenvalue weighted by molar-refractivity contribution is 8.26. The number of nitrogens with one attached hydrogen (secondary N) is 1. The van der Waals surface area contributed by atoms with Crippen molar-refractivity contribution in [3.8, 4) is 0 Å². The maximum Gasteiger partial charge on any atom is 0.266 e. The molecule has 0 radical (unpaired) electrons. The summed E-state index contributed by atoms with van der Waals surface area (Å²) in [5, 5.41) is 13.7. The van der Waals surface area contributed by atoms with Crippen LogP contribution in [-0.4, -0.2) is 39.6 Å². The average Bonchev–Trinajstić information content (AvgIpc) is 2.88. The predicted octanol–water partition coefficient (Wildman–Crippen LogP) is 1.48. The van der Waals surface area contributed by atoms with Crippen molar-refractivity contribution >= 4 is 52.2 Å². The predicted molar refractivity (Wildman–Crippen MR) is 107 cm³/mol. The molecule has 1 aromatic rings. The average molecular weight is 406 g/mol. The Morgan fingerprint density at radius 2 is 1.96 bits per heavy atom. The molecule has 0 unspecified atom stereocenters. The number of benzene rings is 1. The van der Waals surface area contributed by atoms with Crippen molar-refractivity contribution in [3.05, 3.63) is 40.3 Å². The standard InChI is InChI=1S/C19H22N2O4S2/c1-4-12(3)16(18(24)25)20-15(22)10-21-17(23)14(27-19(21)26)9-13-7-5-11(2)6-8-13/h5-9,12,16H,4,10H2,1-3H3,(H,20,22)(H,24,25)/p-1/b14-9+/t12-,16-/m0/s1. The van der Waals surface area contributed by atoms with Gasteiger partial charge in [0, 0.05) is 0 Å². The Labute approximate surface area is 168 Å². The van der Waals surface area contributed by atoms with Gasteiger partial charge in [0.05, 0.1) is 16.9 Å². The number of carbonyl (C=O) groups excluding carboxylic acids is 3. The largest absolute Gasteiger partial charge is 0.548 e. The lowest BCUT2D eigenvalue weighted by molar-refractivity contribution is -0.309. The number of nitrogens with zero attached hydrogens (tertiary/aromatic N) is 1. The Bertz CT molecular complexity index is 789. The third-order valence-electron chi connectivity index (χ3n) is 4.33. The lowest BCUT2D eigenvalue weighted by Crippen LogP contribution is -2.53. The summed E-state index contributed by atoms with van der Waals surface area (Å²) in [6.07, 6.45) is 2.29. The Balaban J connectivity index is 2.07. The highest BCUT2D eigenvalue weighted by atomic mass is 32.2. The van der Waals surface area contributed by atoms with E-state index < -0.39 is 17.9 Å². The van der Waals surface area contributed by atoms with Gasteiger partial charge in [0.25, 0.3) is 5.91 Å². The number of aryl methyl sites for hydroxylation is 1. The zero-order chi connectivity index (χ0) is 20.1. The van der Waals surface area contributed by atoms with Gasteiger partial charge in [-0.2, -0.15) is 0 Å². The number of hydrogen-bond donors (Lipinski definition) is 1. The molecule has 1 aliphatic heterocycles. The molecule has 144 valence electrons. The lowest BCUT2D eigenvalue weighted by Gasteiger charge is -2.26. The summed E-state index contributed by atoms with van der Waals surface area (Å²) in [5.41, 5.74) is 1.97. The fraction of sp³-hybridized carbons (Fsp3) is 0.368. The van der Waals surface area contributed by atoms with E-state index in [-0.39, 0.29) is 22.7 Å². The van der Waals surface area contributed by atoms with Crippen molar-refractivity contribution in [2.75, 3.05) is 6.54 Å². The topological polar surface area (TPSA) is 89.5 Å². The van der Waals surface area contributed by atoms with Crippen LogP contribution in [-0.2, 0) is 14.4 Å². The van der Waals surface area contributed by atoms with Crippen LogP contribution in [0, 0.1) is 12.8 Å². The summed E-state index contributed by atoms with van der Waals surface area (Å²) in [6.45, 7) is 5.19. The molecule has 0 bridgehead atoms. The number of rotatable bonds is 7. The van der Waals surface area contributed by atoms with Crippen molar-refractivity contribution < 1.29 is 19.5 Å². The molecule has 0 aromatic heterocycles. The summed E-state index contributed by atoms with van der Waals surface area (Å²) in [4.78, 5) is 37.7. The maximum absolute atomic E-state index is 12.6. The number of thiocarbonyl (C=S) groups is 1. The van der Waals surface area contributed by atoms with E-state index in [0.29, 0.717) is 11.3 Å². The first kappa shape index (κ1) is 21.1. The molecule has 6 nitrogen and oxygen atoms in total. The minimum absolute atomic E-state index is 0.266. The summed E-state index contributed by atoms with van der Waals surface area (Å²) in [5.74, 6) is -2.58. The van der Waals surface area contributed by atoms with Crippen molar-refractivity contribution in [1.82, 2.24) is 10.2 Å². The fourth-order valence-electron chi connectivity index (χ4n) is 2.48. The number of hydrogen-bond acceptors (Lipinski definition) is 6. The van der Waals surface area contributed by atoms with Crippen LogP contribution < -0.4 is 10.4 Å². The van der Waals surface area contributed by atoms with Crippen LogP contribution in [0.25, 0.3) is 6.08 Å². The van der Waals surface area contributed by atoms with Crippen LogP contribution in [0.1, 0.15) is 31.4 Å². The molecular weight excluding hydrogens is 384 g/mol. The molecule has 2 atom stereocenters. The van der Waals surface area contributed by atoms with Gasteiger partial charge in [-0.15, -0.1) is 0 Å². The molecule has 1 heterocycles. The van der Waals surface area contributed by atoms with Gasteiger partial charge in [-0.3, -0.25) is 14.5 Å². The van der Waals surface area contributed by atoms with Crippen LogP contribution in [0.5, 0.6) is 0 Å². The number of aliphatic carboxylic acids is 1. The van der Waals surface area contributed by atoms with Gasteiger partial charge in [-0.25, -0.2) is 0 Å².